The number of piperidine rings is 3. The van der Waals surface area contributed by atoms with Gasteiger partial charge in [-0.1, -0.05) is 6.07 Å². The number of rotatable bonds is 11. The van der Waals surface area contributed by atoms with Crippen LogP contribution < -0.4 is 35.4 Å². The van der Waals surface area contributed by atoms with Gasteiger partial charge < -0.3 is 35.0 Å². The first-order chi connectivity index (χ1) is 29.6. The monoisotopic (exact) mass is 859 g/mol. The van der Waals surface area contributed by atoms with E-state index in [1.807, 2.05) is 6.07 Å². The summed E-state index contributed by atoms with van der Waals surface area (Å²) in [5, 5.41) is 8.65. The normalized spacial score (nSPS) is 22.0. The minimum Gasteiger partial charge on any atom is -0.495 e. The van der Waals surface area contributed by atoms with Crippen molar-refractivity contribution in [3.05, 3.63) is 59.5 Å². The third-order valence-corrected chi connectivity index (χ3v) is 13.7. The van der Waals surface area contributed by atoms with Crippen molar-refractivity contribution in [3.63, 3.8) is 0 Å². The number of hydrogen-bond acceptors (Lipinski definition) is 11. The number of anilines is 5. The summed E-state index contributed by atoms with van der Waals surface area (Å²) in [6.07, 6.45) is 9.25. The van der Waals surface area contributed by atoms with Gasteiger partial charge in [-0.3, -0.25) is 24.5 Å². The molecule has 0 radical (unpaired) electrons. The van der Waals surface area contributed by atoms with Crippen LogP contribution >= 0.6 is 0 Å². The molecule has 1 aromatic heterocycles. The van der Waals surface area contributed by atoms with Crippen LogP contribution in [0.5, 0.6) is 5.75 Å². The number of methoxy groups -OCH3 is 1. The number of nitrogens with zero attached hydrogens (tertiary/aromatic N) is 6. The molecule has 2 aromatic carbocycles. The van der Waals surface area contributed by atoms with Crippen molar-refractivity contribution in [1.82, 2.24) is 25.5 Å². The van der Waals surface area contributed by atoms with Crippen molar-refractivity contribution in [3.8, 4) is 5.75 Å². The first-order valence-corrected chi connectivity index (χ1v) is 21.8. The second-order valence-corrected chi connectivity index (χ2v) is 18.1. The van der Waals surface area contributed by atoms with Gasteiger partial charge in [0.2, 0.25) is 17.8 Å². The summed E-state index contributed by atoms with van der Waals surface area (Å²) in [5.41, 5.74) is 2.53. The minimum absolute atomic E-state index is 0.0933. The Morgan fingerprint density at radius 3 is 2.42 bits per heavy atom. The third-order valence-electron chi connectivity index (χ3n) is 13.7. The van der Waals surface area contributed by atoms with Crippen LogP contribution in [0.1, 0.15) is 93.5 Å². The molecule has 4 fully saturated rings. The Bertz CT molecular complexity index is 2200. The van der Waals surface area contributed by atoms with Gasteiger partial charge in [0.1, 0.15) is 17.3 Å². The van der Waals surface area contributed by atoms with Gasteiger partial charge in [0.15, 0.2) is 5.82 Å². The van der Waals surface area contributed by atoms with Crippen LogP contribution in [0.3, 0.4) is 0 Å². The van der Waals surface area contributed by atoms with Crippen molar-refractivity contribution >= 4 is 52.5 Å². The molecule has 0 bridgehead atoms. The van der Waals surface area contributed by atoms with Crippen LogP contribution in [0.2, 0.25) is 0 Å². The number of nitrogens with one attached hydrogen (secondary N) is 3. The number of fused-ring (bicyclic) bond motifs is 1. The number of ether oxygens (including phenoxy) is 1. The van der Waals surface area contributed by atoms with E-state index in [1.54, 1.807) is 38.1 Å². The first kappa shape index (κ1) is 43.2. The Morgan fingerprint density at radius 2 is 1.74 bits per heavy atom. The van der Waals surface area contributed by atoms with Crippen molar-refractivity contribution < 1.29 is 37.1 Å². The van der Waals surface area contributed by atoms with Gasteiger partial charge in [0.25, 0.3) is 11.8 Å². The summed E-state index contributed by atoms with van der Waals surface area (Å²) < 4.78 is 50.4. The SMILES string of the molecule is COc1cc(C(=O)NC2CC3(CCN(CCC4CCN(c5ccc(C6CCC(=O)NC6=O)cc5F)CC4)CC3)C2)ccc1Nc1ncc2c(n1)N(C(C)C)CC(F)(F)C(=O)N2C. The Labute approximate surface area is 359 Å². The first-order valence-electron chi connectivity index (χ1n) is 21.8. The molecule has 3 saturated heterocycles. The second kappa shape index (κ2) is 17.4. The fourth-order valence-electron chi connectivity index (χ4n) is 9.92. The van der Waals surface area contributed by atoms with Crippen molar-refractivity contribution in [1.29, 1.82) is 0 Å². The van der Waals surface area contributed by atoms with Gasteiger partial charge in [-0.25, -0.2) is 9.37 Å². The Hall–Kier alpha value is -5.45. The molecule has 1 aliphatic carbocycles. The maximum absolute atomic E-state index is 15.2. The summed E-state index contributed by atoms with van der Waals surface area (Å²) in [6.45, 7) is 7.42. The lowest BCUT2D eigenvalue weighted by molar-refractivity contribution is -0.140. The van der Waals surface area contributed by atoms with Crippen LogP contribution in [0, 0.1) is 17.2 Å². The van der Waals surface area contributed by atoms with E-state index >= 15 is 4.39 Å². The highest BCUT2D eigenvalue weighted by atomic mass is 19.3. The van der Waals surface area contributed by atoms with Crippen LogP contribution in [-0.4, -0.2) is 110 Å². The lowest BCUT2D eigenvalue weighted by Crippen LogP contribution is -2.55. The third kappa shape index (κ3) is 8.90. The van der Waals surface area contributed by atoms with Crippen molar-refractivity contribution in [2.45, 2.75) is 95.6 Å². The molecule has 17 heteroatoms. The van der Waals surface area contributed by atoms with Gasteiger partial charge in [0.05, 0.1) is 37.1 Å². The van der Waals surface area contributed by atoms with E-state index in [2.05, 4.69) is 35.7 Å². The number of amides is 4. The minimum atomic E-state index is -3.60. The molecule has 4 amide bonds. The Balaban J connectivity index is 0.775. The molecule has 8 rings (SSSR count). The molecule has 1 unspecified atom stereocenters. The van der Waals surface area contributed by atoms with Crippen molar-refractivity contribution in [2.24, 2.45) is 11.3 Å². The van der Waals surface area contributed by atoms with E-state index in [-0.39, 0.29) is 64.9 Å². The number of hydrogen-bond donors (Lipinski definition) is 3. The fraction of sp³-hybridized carbons (Fsp3) is 0.556. The molecular weight excluding hydrogens is 804 g/mol. The molecule has 62 heavy (non-hydrogen) atoms. The van der Waals surface area contributed by atoms with E-state index in [1.165, 1.54) is 31.3 Å². The van der Waals surface area contributed by atoms with Crippen LogP contribution in [0.4, 0.5) is 42.0 Å². The second-order valence-electron chi connectivity index (χ2n) is 18.1. The lowest BCUT2D eigenvalue weighted by atomic mass is 9.60. The number of aromatic nitrogens is 2. The molecular formula is C45H56F3N9O5. The predicted octanol–water partition coefficient (Wildman–Crippen LogP) is 6.00. The average molecular weight is 860 g/mol. The number of imide groups is 1. The molecule has 3 N–H and O–H groups in total. The zero-order valence-electron chi connectivity index (χ0n) is 35.8. The Kier molecular flexibility index (Phi) is 12.1. The lowest BCUT2D eigenvalue weighted by Gasteiger charge is -2.52. The Morgan fingerprint density at radius 1 is 1.00 bits per heavy atom. The van der Waals surface area contributed by atoms with Gasteiger partial charge in [0, 0.05) is 44.2 Å². The molecule has 5 aliphatic rings. The summed E-state index contributed by atoms with van der Waals surface area (Å²) in [4.78, 5) is 65.5. The molecule has 1 saturated carbocycles. The van der Waals surface area contributed by atoms with E-state index in [9.17, 15) is 28.0 Å². The maximum Gasteiger partial charge on any atom is 0.342 e. The van der Waals surface area contributed by atoms with Gasteiger partial charge in [-0.2, -0.15) is 13.8 Å². The van der Waals surface area contributed by atoms with Crippen LogP contribution in [0.15, 0.2) is 42.6 Å². The summed E-state index contributed by atoms with van der Waals surface area (Å²) >= 11 is 0. The van der Waals surface area contributed by atoms with Crippen molar-refractivity contribution in [2.75, 3.05) is 73.4 Å². The highest BCUT2D eigenvalue weighted by molar-refractivity contribution is 6.02. The fourth-order valence-corrected chi connectivity index (χ4v) is 9.92. The standard InChI is InChI=1S/C45H56F3N9O5/c1-27(2)57-26-45(47,48)42(61)54(3)36-25-49-43(53-39(36)57)51-34-8-5-30(22-37(34)62-4)40(59)50-31-23-44(24-31)14-19-55(20-15-44)16-11-28-12-17-56(18-13-28)35-9-6-29(21-33(35)46)32-7-10-38(58)52-41(32)60/h5-6,8-9,21-22,25,27-28,31-32H,7,10-20,23-24,26H2,1-4H3,(H,50,59)(H,49,51,53)(H,52,58,60). The van der Waals surface area contributed by atoms with E-state index < -0.39 is 24.3 Å². The largest absolute Gasteiger partial charge is 0.495 e. The van der Waals surface area contributed by atoms with Crippen LogP contribution in [-0.2, 0) is 14.4 Å². The van der Waals surface area contributed by atoms with E-state index in [0.29, 0.717) is 40.6 Å². The number of halogens is 3. The predicted molar refractivity (Wildman–Crippen MR) is 229 cm³/mol. The summed E-state index contributed by atoms with van der Waals surface area (Å²) in [7, 11) is 2.78. The number of alkyl halides is 2. The molecule has 14 nitrogen and oxygen atoms in total. The molecule has 5 heterocycles. The molecule has 332 valence electrons. The maximum atomic E-state index is 15.2. The van der Waals surface area contributed by atoms with E-state index in [4.69, 9.17) is 4.74 Å². The van der Waals surface area contributed by atoms with Gasteiger partial charge in [-0.15, -0.1) is 0 Å². The molecule has 1 spiro atoms. The molecule has 3 aromatic rings. The van der Waals surface area contributed by atoms with Crippen LogP contribution in [0.25, 0.3) is 0 Å². The highest BCUT2D eigenvalue weighted by Gasteiger charge is 2.48. The molecule has 1 atom stereocenters. The highest BCUT2D eigenvalue weighted by Crippen LogP contribution is 2.49. The topological polar surface area (TPSA) is 152 Å². The average Bonchev–Trinajstić information content (AvgIpc) is 3.31. The summed E-state index contributed by atoms with van der Waals surface area (Å²) in [6, 6.07) is 9.81. The zero-order valence-corrected chi connectivity index (χ0v) is 35.8. The zero-order chi connectivity index (χ0) is 43.9. The van der Waals surface area contributed by atoms with E-state index in [0.717, 1.165) is 82.6 Å². The number of carbonyl (C=O) groups is 4. The number of likely N-dealkylation sites (tertiary alicyclic amines) is 1. The molecule has 4 aliphatic heterocycles. The van der Waals surface area contributed by atoms with Gasteiger partial charge >= 0.3 is 5.92 Å². The number of benzene rings is 2. The number of carbonyl (C=O) groups excluding carboxylic acids is 4. The smallest absolute Gasteiger partial charge is 0.342 e. The quantitative estimate of drug-likeness (QED) is 0.195. The summed E-state index contributed by atoms with van der Waals surface area (Å²) in [5.74, 6) is -5.27. The van der Waals surface area contributed by atoms with Gasteiger partial charge in [-0.05, 0) is 132 Å².